The van der Waals surface area contributed by atoms with Gasteiger partial charge in [0.05, 0.1) is 0 Å². The maximum atomic E-state index is 12.8. The minimum Gasteiger partial charge on any atom is -0.334 e. The molecular formula is C11H12ClFN2O2. The van der Waals surface area contributed by atoms with E-state index in [-0.39, 0.29) is 12.4 Å². The number of carbonyl (C=O) groups is 2. The Morgan fingerprint density at radius 2 is 2.18 bits per heavy atom. The normalized spacial score (nSPS) is 11.7. The molecule has 0 aromatic heterocycles. The lowest BCUT2D eigenvalue weighted by Crippen LogP contribution is -2.41. The minimum absolute atomic E-state index is 0.132. The molecule has 1 rings (SSSR count). The van der Waals surface area contributed by atoms with Crippen LogP contribution in [0.1, 0.15) is 12.5 Å². The van der Waals surface area contributed by atoms with E-state index in [2.05, 4.69) is 5.32 Å². The van der Waals surface area contributed by atoms with Crippen LogP contribution >= 0.6 is 11.6 Å². The Hall–Kier alpha value is -1.62. The van der Waals surface area contributed by atoms with Crippen LogP contribution in [-0.4, -0.2) is 17.3 Å². The van der Waals surface area contributed by atoms with E-state index < -0.39 is 17.3 Å². The number of hydrogen-bond acceptors (Lipinski definition) is 2. The second kappa shape index (κ2) is 6.20. The van der Waals surface area contributed by atoms with Gasteiger partial charge in [0.25, 0.3) is 0 Å². The van der Waals surface area contributed by atoms with Gasteiger partial charge in [0.15, 0.2) is 0 Å². The van der Waals surface area contributed by atoms with E-state index in [0.717, 1.165) is 0 Å². The molecule has 17 heavy (non-hydrogen) atoms. The summed E-state index contributed by atoms with van der Waals surface area (Å²) in [7, 11) is 0. The first-order valence-electron chi connectivity index (χ1n) is 4.96. The van der Waals surface area contributed by atoms with Gasteiger partial charge in [-0.3, -0.25) is 10.1 Å². The molecule has 0 bridgehead atoms. The van der Waals surface area contributed by atoms with Crippen LogP contribution in [0.25, 0.3) is 0 Å². The van der Waals surface area contributed by atoms with Crippen LogP contribution in [0, 0.1) is 5.82 Å². The maximum Gasteiger partial charge on any atom is 0.321 e. The van der Waals surface area contributed by atoms with Gasteiger partial charge in [0.2, 0.25) is 5.91 Å². The Balaban J connectivity index is 2.41. The molecule has 3 amide bonds. The van der Waals surface area contributed by atoms with E-state index in [9.17, 15) is 14.0 Å². The zero-order chi connectivity index (χ0) is 12.8. The van der Waals surface area contributed by atoms with Crippen LogP contribution in [0.3, 0.4) is 0 Å². The average Bonchev–Trinajstić information content (AvgIpc) is 2.26. The van der Waals surface area contributed by atoms with Crippen molar-refractivity contribution < 1.29 is 14.0 Å². The third-order valence-corrected chi connectivity index (χ3v) is 2.14. The molecule has 1 unspecified atom stereocenters. The van der Waals surface area contributed by atoms with E-state index in [1.807, 2.05) is 5.32 Å². The van der Waals surface area contributed by atoms with Gasteiger partial charge in [-0.15, -0.1) is 11.6 Å². The van der Waals surface area contributed by atoms with Gasteiger partial charge in [0, 0.05) is 6.54 Å². The topological polar surface area (TPSA) is 58.2 Å². The number of imide groups is 1. The van der Waals surface area contributed by atoms with Crippen molar-refractivity contribution in [1.29, 1.82) is 0 Å². The Bertz CT molecular complexity index is 424. The first-order valence-corrected chi connectivity index (χ1v) is 5.40. The molecule has 2 N–H and O–H groups in total. The molecule has 0 heterocycles. The summed E-state index contributed by atoms with van der Waals surface area (Å²) >= 11 is 5.47. The number of amides is 3. The molecule has 0 spiro atoms. The lowest BCUT2D eigenvalue weighted by atomic mass is 10.2. The van der Waals surface area contributed by atoms with Crippen LogP contribution in [0.5, 0.6) is 0 Å². The molecule has 0 saturated carbocycles. The molecule has 0 aliphatic rings. The van der Waals surface area contributed by atoms with Crippen molar-refractivity contribution in [2.75, 3.05) is 0 Å². The van der Waals surface area contributed by atoms with Crippen LogP contribution in [0.4, 0.5) is 9.18 Å². The molecule has 1 aromatic carbocycles. The number of benzene rings is 1. The molecule has 0 aliphatic heterocycles. The highest BCUT2D eigenvalue weighted by atomic mass is 35.5. The molecule has 1 atom stereocenters. The van der Waals surface area contributed by atoms with Gasteiger partial charge in [-0.1, -0.05) is 12.1 Å². The molecule has 0 aliphatic carbocycles. The van der Waals surface area contributed by atoms with Gasteiger partial charge in [-0.05, 0) is 24.6 Å². The summed E-state index contributed by atoms with van der Waals surface area (Å²) in [5, 5.41) is 3.68. The lowest BCUT2D eigenvalue weighted by Gasteiger charge is -2.07. The van der Waals surface area contributed by atoms with Gasteiger partial charge < -0.3 is 5.32 Å². The second-order valence-corrected chi connectivity index (χ2v) is 4.07. The first-order chi connectivity index (χ1) is 7.99. The molecular weight excluding hydrogens is 247 g/mol. The van der Waals surface area contributed by atoms with Crippen LogP contribution in [0.15, 0.2) is 24.3 Å². The summed E-state index contributed by atoms with van der Waals surface area (Å²) in [6.07, 6.45) is 0. The average molecular weight is 259 g/mol. The van der Waals surface area contributed by atoms with Gasteiger partial charge in [0.1, 0.15) is 11.2 Å². The number of carbonyl (C=O) groups excluding carboxylic acids is 2. The van der Waals surface area contributed by atoms with Gasteiger partial charge in [-0.25, -0.2) is 9.18 Å². The molecule has 0 saturated heterocycles. The van der Waals surface area contributed by atoms with Gasteiger partial charge in [-0.2, -0.15) is 0 Å². The molecule has 6 heteroatoms. The quantitative estimate of drug-likeness (QED) is 0.812. The van der Waals surface area contributed by atoms with Crippen molar-refractivity contribution in [2.24, 2.45) is 0 Å². The SMILES string of the molecule is CC(Cl)C(=O)NC(=O)NCc1cccc(F)c1. The predicted molar refractivity (Wildman–Crippen MR) is 62.1 cm³/mol. The number of halogens is 2. The van der Waals surface area contributed by atoms with Crippen LogP contribution in [-0.2, 0) is 11.3 Å². The predicted octanol–water partition coefficient (Wildman–Crippen LogP) is 1.78. The van der Waals surface area contributed by atoms with E-state index in [1.54, 1.807) is 6.07 Å². The molecule has 4 nitrogen and oxygen atoms in total. The Morgan fingerprint density at radius 3 is 2.76 bits per heavy atom. The smallest absolute Gasteiger partial charge is 0.321 e. The first kappa shape index (κ1) is 13.4. The highest BCUT2D eigenvalue weighted by molar-refractivity contribution is 6.31. The summed E-state index contributed by atoms with van der Waals surface area (Å²) in [5.74, 6) is -0.960. The third-order valence-electron chi connectivity index (χ3n) is 1.94. The standard InChI is InChI=1S/C11H12ClFN2O2/c1-7(12)10(16)15-11(17)14-6-8-3-2-4-9(13)5-8/h2-5,7H,6H2,1H3,(H2,14,15,16,17). The van der Waals surface area contributed by atoms with Crippen molar-refractivity contribution in [3.63, 3.8) is 0 Å². The Morgan fingerprint density at radius 1 is 1.47 bits per heavy atom. The van der Waals surface area contributed by atoms with E-state index in [0.29, 0.717) is 5.56 Å². The largest absolute Gasteiger partial charge is 0.334 e. The van der Waals surface area contributed by atoms with Crippen molar-refractivity contribution in [3.05, 3.63) is 35.6 Å². The molecule has 0 fully saturated rings. The number of rotatable bonds is 3. The highest BCUT2D eigenvalue weighted by Crippen LogP contribution is 2.02. The summed E-state index contributed by atoms with van der Waals surface area (Å²) in [5.41, 5.74) is 0.603. The maximum absolute atomic E-state index is 12.8. The third kappa shape index (κ3) is 4.82. The van der Waals surface area contributed by atoms with Gasteiger partial charge >= 0.3 is 6.03 Å². The van der Waals surface area contributed by atoms with E-state index in [4.69, 9.17) is 11.6 Å². The number of urea groups is 1. The summed E-state index contributed by atoms with van der Waals surface area (Å²) in [6.45, 7) is 1.59. The van der Waals surface area contributed by atoms with Crippen molar-refractivity contribution in [2.45, 2.75) is 18.8 Å². The number of hydrogen-bond donors (Lipinski definition) is 2. The zero-order valence-corrected chi connectivity index (χ0v) is 9.92. The zero-order valence-electron chi connectivity index (χ0n) is 9.17. The lowest BCUT2D eigenvalue weighted by molar-refractivity contribution is -0.119. The van der Waals surface area contributed by atoms with E-state index >= 15 is 0 Å². The van der Waals surface area contributed by atoms with Crippen molar-refractivity contribution in [1.82, 2.24) is 10.6 Å². The monoisotopic (exact) mass is 258 g/mol. The Labute approximate surface area is 103 Å². The van der Waals surface area contributed by atoms with Crippen LogP contribution in [0.2, 0.25) is 0 Å². The summed E-state index contributed by atoms with van der Waals surface area (Å²) < 4.78 is 12.8. The summed E-state index contributed by atoms with van der Waals surface area (Å²) in [6, 6.07) is 5.15. The minimum atomic E-state index is -0.782. The van der Waals surface area contributed by atoms with Crippen LogP contribution < -0.4 is 10.6 Å². The summed E-state index contributed by atoms with van der Waals surface area (Å²) in [4.78, 5) is 22.3. The molecule has 92 valence electrons. The number of nitrogens with one attached hydrogen (secondary N) is 2. The van der Waals surface area contributed by atoms with Crippen molar-refractivity contribution >= 4 is 23.5 Å². The van der Waals surface area contributed by atoms with E-state index in [1.165, 1.54) is 25.1 Å². The fourth-order valence-electron chi connectivity index (χ4n) is 1.08. The Kier molecular flexibility index (Phi) is 4.90. The number of alkyl halides is 1. The second-order valence-electron chi connectivity index (χ2n) is 3.42. The molecule has 0 radical (unpaired) electrons. The fraction of sp³-hybridized carbons (Fsp3) is 0.273. The fourth-order valence-corrected chi connectivity index (χ4v) is 1.14. The van der Waals surface area contributed by atoms with Crippen molar-refractivity contribution in [3.8, 4) is 0 Å². The molecule has 1 aromatic rings. The highest BCUT2D eigenvalue weighted by Gasteiger charge is 2.12.